The maximum Gasteiger partial charge on any atom is 0.397 e. The number of fused-ring (bicyclic) bond motifs is 1. The molecule has 1 saturated heterocycles. The van der Waals surface area contributed by atoms with Gasteiger partial charge in [-0.3, -0.25) is 9.36 Å². The van der Waals surface area contributed by atoms with Crippen molar-refractivity contribution in [1.29, 1.82) is 0 Å². The molecule has 3 heterocycles. The summed E-state index contributed by atoms with van der Waals surface area (Å²) in [5, 5.41) is 16.6. The molecule has 0 radical (unpaired) electrons. The Bertz CT molecular complexity index is 1780. The van der Waals surface area contributed by atoms with Crippen LogP contribution < -0.4 is 16.2 Å². The van der Waals surface area contributed by atoms with Gasteiger partial charge >= 0.3 is 6.18 Å². The summed E-state index contributed by atoms with van der Waals surface area (Å²) in [6.45, 7) is 0.430. The Kier molecular flexibility index (Phi) is 9.78. The van der Waals surface area contributed by atoms with Crippen LogP contribution in [0.2, 0.25) is 10.0 Å². The van der Waals surface area contributed by atoms with Crippen LogP contribution in [0.4, 0.5) is 24.8 Å². The summed E-state index contributed by atoms with van der Waals surface area (Å²) >= 11 is 12.8. The van der Waals surface area contributed by atoms with E-state index in [1.807, 2.05) is 0 Å². The number of para-hydroxylation sites is 1. The predicted octanol–water partition coefficient (Wildman–Crippen LogP) is 5.93. The first kappa shape index (κ1) is 31.8. The first-order valence-corrected chi connectivity index (χ1v) is 14.5. The van der Waals surface area contributed by atoms with Gasteiger partial charge in [0.05, 0.1) is 38.8 Å². The topological polar surface area (TPSA) is 101 Å². The van der Waals surface area contributed by atoms with E-state index in [2.05, 4.69) is 32.4 Å². The zero-order valence-electron chi connectivity index (χ0n) is 23.5. The first-order chi connectivity index (χ1) is 21.1. The van der Waals surface area contributed by atoms with Crippen molar-refractivity contribution in [2.75, 3.05) is 38.7 Å². The number of aliphatic hydroxyl groups excluding tert-OH is 1. The van der Waals surface area contributed by atoms with E-state index >= 15 is 0 Å². The number of piperidine rings is 1. The van der Waals surface area contributed by atoms with Crippen LogP contribution in [0, 0.1) is 11.8 Å². The number of alkyl halides is 3. The van der Waals surface area contributed by atoms with E-state index in [9.17, 15) is 23.1 Å². The number of hydrogen-bond donors (Lipinski definition) is 3. The van der Waals surface area contributed by atoms with Crippen molar-refractivity contribution in [1.82, 2.24) is 19.9 Å². The molecule has 44 heavy (non-hydrogen) atoms. The number of hydrogen-bond acceptors (Lipinski definition) is 7. The van der Waals surface area contributed by atoms with Crippen LogP contribution in [0.1, 0.15) is 41.4 Å². The molecule has 5 rings (SSSR count). The van der Waals surface area contributed by atoms with Gasteiger partial charge in [0, 0.05) is 25.2 Å². The van der Waals surface area contributed by atoms with E-state index in [-0.39, 0.29) is 50.7 Å². The highest BCUT2D eigenvalue weighted by Gasteiger charge is 2.42. The number of aromatic nitrogens is 3. The van der Waals surface area contributed by atoms with E-state index < -0.39 is 24.3 Å². The monoisotopic (exact) mass is 645 g/mol. The molecule has 3 N–H and O–H groups in total. The molecular formula is C31H28Cl2F3N5O3. The van der Waals surface area contributed by atoms with Gasteiger partial charge in [-0.1, -0.05) is 47.2 Å². The van der Waals surface area contributed by atoms with Crippen molar-refractivity contribution in [3.63, 3.8) is 0 Å². The molecule has 0 aliphatic carbocycles. The molecule has 230 valence electrons. The average molecular weight is 646 g/mol. The molecule has 1 fully saturated rings. The Morgan fingerprint density at radius 1 is 1.20 bits per heavy atom. The maximum atomic E-state index is 14.0. The predicted molar refractivity (Wildman–Crippen MR) is 164 cm³/mol. The summed E-state index contributed by atoms with van der Waals surface area (Å²) in [6, 6.07) is 9.57. The largest absolute Gasteiger partial charge is 0.397 e. The Balaban J connectivity index is 1.60. The number of methoxy groups -OCH3 is 1. The molecule has 0 bridgehead atoms. The molecule has 4 aromatic rings. The van der Waals surface area contributed by atoms with Gasteiger partial charge in [0.1, 0.15) is 12.5 Å². The summed E-state index contributed by atoms with van der Waals surface area (Å²) in [5.41, 5.74) is 1.18. The van der Waals surface area contributed by atoms with Crippen molar-refractivity contribution in [2.45, 2.75) is 30.9 Å². The Morgan fingerprint density at radius 2 is 1.93 bits per heavy atom. The minimum atomic E-state index is -4.64. The fourth-order valence-electron chi connectivity index (χ4n) is 5.33. The van der Waals surface area contributed by atoms with E-state index in [1.165, 1.54) is 30.1 Å². The highest BCUT2D eigenvalue weighted by Crippen LogP contribution is 2.41. The van der Waals surface area contributed by atoms with Gasteiger partial charge in [-0.2, -0.15) is 13.2 Å². The Morgan fingerprint density at radius 3 is 2.59 bits per heavy atom. The highest BCUT2D eigenvalue weighted by atomic mass is 35.5. The highest BCUT2D eigenvalue weighted by molar-refractivity contribution is 6.37. The number of nitrogens with one attached hydrogen (secondary N) is 2. The average Bonchev–Trinajstić information content (AvgIpc) is 2.99. The van der Waals surface area contributed by atoms with Crippen molar-refractivity contribution in [3.8, 4) is 17.5 Å². The normalized spacial score (nSPS) is 14.7. The number of nitrogens with zero attached hydrogens (tertiary/aromatic N) is 3. The van der Waals surface area contributed by atoms with Gasteiger partial charge in [0.15, 0.2) is 0 Å². The maximum absolute atomic E-state index is 14.0. The molecule has 1 aliphatic rings. The first-order valence-electron chi connectivity index (χ1n) is 13.8. The van der Waals surface area contributed by atoms with E-state index in [4.69, 9.17) is 27.9 Å². The van der Waals surface area contributed by atoms with Crippen LogP contribution >= 0.6 is 23.2 Å². The minimum Gasteiger partial charge on any atom is -0.395 e. The third-order valence-electron chi connectivity index (χ3n) is 7.44. The molecule has 13 heteroatoms. The second-order valence-electron chi connectivity index (χ2n) is 10.2. The molecule has 8 nitrogen and oxygen atoms in total. The molecule has 0 amide bonds. The van der Waals surface area contributed by atoms with Gasteiger partial charge in [-0.25, -0.2) is 9.97 Å². The molecule has 2 aromatic heterocycles. The molecule has 1 atom stereocenters. The van der Waals surface area contributed by atoms with Gasteiger partial charge in [-0.15, -0.1) is 0 Å². The number of halogens is 5. The lowest BCUT2D eigenvalue weighted by molar-refractivity contribution is -0.158. The van der Waals surface area contributed by atoms with Crippen LogP contribution in [-0.2, 0) is 4.74 Å². The van der Waals surface area contributed by atoms with E-state index in [0.29, 0.717) is 42.7 Å². The number of anilines is 2. The molecule has 0 saturated carbocycles. The summed E-state index contributed by atoms with van der Waals surface area (Å²) in [5.74, 6) is 3.71. The second-order valence-corrected chi connectivity index (χ2v) is 11.1. The molecule has 1 unspecified atom stereocenters. The van der Waals surface area contributed by atoms with Crippen molar-refractivity contribution in [2.24, 2.45) is 0 Å². The third-order valence-corrected chi connectivity index (χ3v) is 8.05. The standard InChI is InChI=1S/C31H28Cl2F3N5O3/c1-44-13-3-4-19-16-41(28-25(32)5-2-6-26(28)33)29(43)23-15-38-30(40-27(19)23)39-20-7-8-21(18-9-11-37-12-10-18)22(14-20)24(17-42)31(34,35)36/h2,5-8,14-16,18,24,37,42H,9-13,17H2,1H3,(H,38,39,40). The van der Waals surface area contributed by atoms with Gasteiger partial charge in [-0.05, 0) is 67.2 Å². The number of rotatable bonds is 7. The zero-order chi connectivity index (χ0) is 31.4. The fraction of sp³-hybridized carbons (Fsp3) is 0.323. The number of pyridine rings is 1. The number of benzene rings is 2. The molecular weight excluding hydrogens is 618 g/mol. The summed E-state index contributed by atoms with van der Waals surface area (Å²) < 4.78 is 48.4. The number of aliphatic hydroxyl groups is 1. The van der Waals surface area contributed by atoms with Crippen molar-refractivity contribution < 1.29 is 23.0 Å². The van der Waals surface area contributed by atoms with Crippen LogP contribution in [0.25, 0.3) is 16.6 Å². The summed E-state index contributed by atoms with van der Waals surface area (Å²) in [4.78, 5) is 22.4. The van der Waals surface area contributed by atoms with Crippen molar-refractivity contribution >= 4 is 45.7 Å². The van der Waals surface area contributed by atoms with Gasteiger partial charge in [0.2, 0.25) is 5.95 Å². The van der Waals surface area contributed by atoms with Crippen LogP contribution in [0.15, 0.2) is 53.6 Å². The van der Waals surface area contributed by atoms with Gasteiger partial charge < -0.3 is 20.5 Å². The second kappa shape index (κ2) is 13.5. The minimum absolute atomic E-state index is 0.00307. The van der Waals surface area contributed by atoms with Crippen molar-refractivity contribution in [3.05, 3.63) is 85.9 Å². The van der Waals surface area contributed by atoms with E-state index in [0.717, 1.165) is 0 Å². The molecule has 2 aromatic carbocycles. The lowest BCUT2D eigenvalue weighted by Crippen LogP contribution is -2.29. The Labute approximate surface area is 261 Å². The zero-order valence-corrected chi connectivity index (χ0v) is 25.0. The summed E-state index contributed by atoms with van der Waals surface area (Å²) in [6.07, 6.45) is -0.486. The summed E-state index contributed by atoms with van der Waals surface area (Å²) in [7, 11) is 1.49. The lowest BCUT2D eigenvalue weighted by Gasteiger charge is -2.29. The van der Waals surface area contributed by atoms with E-state index in [1.54, 1.807) is 30.3 Å². The molecule has 0 spiro atoms. The smallest absolute Gasteiger partial charge is 0.395 e. The van der Waals surface area contributed by atoms with Gasteiger partial charge in [0.25, 0.3) is 5.56 Å². The third kappa shape index (κ3) is 6.70. The van der Waals surface area contributed by atoms with Crippen LogP contribution in [0.5, 0.6) is 0 Å². The molecule has 1 aliphatic heterocycles. The SMILES string of the molecule is COCC#Cc1cn(-c2c(Cl)cccc2Cl)c(=O)c2cnc(Nc3ccc(C4CCNCC4)c(C(CO)C(F)(F)F)c3)nc12. The fourth-order valence-corrected chi connectivity index (χ4v) is 5.91. The van der Waals surface area contributed by atoms with Crippen LogP contribution in [0.3, 0.4) is 0 Å². The quantitative estimate of drug-likeness (QED) is 0.214. The number of ether oxygens (including phenoxy) is 1. The lowest BCUT2D eigenvalue weighted by atomic mass is 9.82. The van der Waals surface area contributed by atoms with Crippen LogP contribution in [-0.4, -0.2) is 59.2 Å². The Hall–Kier alpha value is -3.66.